The maximum Gasteiger partial charge on any atom is 0.231 e. The van der Waals surface area contributed by atoms with Gasteiger partial charge in [0.1, 0.15) is 5.82 Å². The van der Waals surface area contributed by atoms with Gasteiger partial charge in [0.25, 0.3) is 0 Å². The highest BCUT2D eigenvalue weighted by atomic mass is 19.1. The lowest BCUT2D eigenvalue weighted by atomic mass is 10.0. The summed E-state index contributed by atoms with van der Waals surface area (Å²) in [5.41, 5.74) is 3.56. The highest BCUT2D eigenvalue weighted by molar-refractivity contribution is 5.86. The van der Waals surface area contributed by atoms with E-state index in [2.05, 4.69) is 16.3 Å². The minimum Gasteiger partial charge on any atom is -0.454 e. The van der Waals surface area contributed by atoms with Gasteiger partial charge in [0.15, 0.2) is 11.5 Å². The summed E-state index contributed by atoms with van der Waals surface area (Å²) in [6, 6.07) is 13.0. The molecule has 0 saturated carbocycles. The van der Waals surface area contributed by atoms with Gasteiger partial charge in [0.2, 0.25) is 12.7 Å². The average Bonchev–Trinajstić information content (AvgIpc) is 3.32. The molecule has 1 aromatic heterocycles. The van der Waals surface area contributed by atoms with Crippen LogP contribution in [0.15, 0.2) is 42.5 Å². The summed E-state index contributed by atoms with van der Waals surface area (Å²) >= 11 is 0. The van der Waals surface area contributed by atoms with Crippen molar-refractivity contribution in [3.05, 3.63) is 53.8 Å². The smallest absolute Gasteiger partial charge is 0.231 e. The Labute approximate surface area is 179 Å². The van der Waals surface area contributed by atoms with Gasteiger partial charge in [-0.1, -0.05) is 0 Å². The Morgan fingerprint density at radius 1 is 1.06 bits per heavy atom. The molecule has 0 spiro atoms. The topological polar surface area (TPSA) is 63.7 Å². The number of nitrogens with zero attached hydrogens (tertiary/aromatic N) is 2. The molecule has 2 bridgehead atoms. The number of pyridine rings is 1. The number of ether oxygens (including phenoxy) is 2. The lowest BCUT2D eigenvalue weighted by Crippen LogP contribution is -2.37. The number of hydrogen-bond donors (Lipinski definition) is 1. The largest absolute Gasteiger partial charge is 0.454 e. The first-order valence-electron chi connectivity index (χ1n) is 10.7. The van der Waals surface area contributed by atoms with Crippen molar-refractivity contribution in [2.75, 3.05) is 13.3 Å². The molecule has 4 heterocycles. The second-order valence-corrected chi connectivity index (χ2v) is 8.47. The van der Waals surface area contributed by atoms with Gasteiger partial charge in [-0.25, -0.2) is 9.37 Å². The third-order valence-corrected chi connectivity index (χ3v) is 6.59. The molecule has 31 heavy (non-hydrogen) atoms. The summed E-state index contributed by atoms with van der Waals surface area (Å²) in [5, 5.41) is 4.01. The summed E-state index contributed by atoms with van der Waals surface area (Å²) in [7, 11) is 0. The van der Waals surface area contributed by atoms with Gasteiger partial charge < -0.3 is 14.8 Å². The predicted octanol–water partition coefficient (Wildman–Crippen LogP) is 3.62. The molecule has 0 unspecified atom stereocenters. The Hall–Kier alpha value is -3.19. The number of nitrogens with one attached hydrogen (secondary N) is 1. The van der Waals surface area contributed by atoms with Crippen molar-refractivity contribution in [3.8, 4) is 22.8 Å². The number of fused-ring (bicyclic) bond motifs is 4. The van der Waals surface area contributed by atoms with Crippen LogP contribution in [-0.4, -0.2) is 41.2 Å². The fourth-order valence-corrected chi connectivity index (χ4v) is 5.01. The number of carbonyl (C=O) groups is 1. The number of benzene rings is 2. The fraction of sp³-hybridized carbons (Fsp3) is 0.333. The molecule has 7 heteroatoms. The number of carbonyl (C=O) groups excluding carboxylic acids is 1. The summed E-state index contributed by atoms with van der Waals surface area (Å²) < 4.78 is 24.6. The highest BCUT2D eigenvalue weighted by Gasteiger charge is 2.37. The standard InChI is InChI=1S/C24H22FN3O3/c25-17-3-1-14(2-4-17)24-16(12-28-18-5-6-19(28)11-26-23(29)9-18)7-15-8-21-22(31-13-30-21)10-20(15)27-24/h1-4,7-8,10,18-19H,5-6,9,11-13H2,(H,26,29)/t18-,19+/m1/s1. The molecule has 2 aromatic carbocycles. The fourth-order valence-electron chi connectivity index (χ4n) is 5.01. The lowest BCUT2D eigenvalue weighted by molar-refractivity contribution is -0.121. The third-order valence-electron chi connectivity index (χ3n) is 6.59. The summed E-state index contributed by atoms with van der Waals surface area (Å²) in [6.07, 6.45) is 2.64. The van der Waals surface area contributed by atoms with Gasteiger partial charge in [-0.3, -0.25) is 9.69 Å². The summed E-state index contributed by atoms with van der Waals surface area (Å²) in [5.74, 6) is 1.26. The zero-order valence-corrected chi connectivity index (χ0v) is 16.9. The molecular formula is C24H22FN3O3. The van der Waals surface area contributed by atoms with Crippen molar-refractivity contribution in [1.82, 2.24) is 15.2 Å². The van der Waals surface area contributed by atoms with E-state index in [0.717, 1.165) is 46.3 Å². The van der Waals surface area contributed by atoms with Crippen LogP contribution in [0.4, 0.5) is 4.39 Å². The minimum absolute atomic E-state index is 0.125. The number of amides is 1. The average molecular weight is 419 g/mol. The number of hydrogen-bond acceptors (Lipinski definition) is 5. The first-order chi connectivity index (χ1) is 15.1. The molecule has 158 valence electrons. The molecule has 2 fully saturated rings. The van der Waals surface area contributed by atoms with E-state index in [1.54, 1.807) is 12.1 Å². The Kier molecular flexibility index (Phi) is 4.31. The van der Waals surface area contributed by atoms with Crippen LogP contribution in [0.1, 0.15) is 24.8 Å². The maximum absolute atomic E-state index is 13.6. The molecule has 3 aliphatic heterocycles. The van der Waals surface area contributed by atoms with Gasteiger partial charge in [0, 0.05) is 48.6 Å². The molecule has 1 amide bonds. The molecule has 0 aliphatic carbocycles. The Morgan fingerprint density at radius 3 is 2.68 bits per heavy atom. The van der Waals surface area contributed by atoms with E-state index in [1.165, 1.54) is 12.1 Å². The van der Waals surface area contributed by atoms with E-state index < -0.39 is 0 Å². The van der Waals surface area contributed by atoms with Crippen LogP contribution in [0.5, 0.6) is 11.5 Å². The first kappa shape index (κ1) is 18.6. The van der Waals surface area contributed by atoms with Crippen molar-refractivity contribution < 1.29 is 18.7 Å². The Balaban J connectivity index is 1.46. The van der Waals surface area contributed by atoms with E-state index >= 15 is 0 Å². The van der Waals surface area contributed by atoms with Crippen molar-refractivity contribution in [2.24, 2.45) is 0 Å². The number of halogens is 1. The van der Waals surface area contributed by atoms with Gasteiger partial charge in [-0.05, 0) is 54.8 Å². The van der Waals surface area contributed by atoms with Crippen molar-refractivity contribution in [2.45, 2.75) is 37.9 Å². The van der Waals surface area contributed by atoms with E-state index in [0.29, 0.717) is 31.3 Å². The van der Waals surface area contributed by atoms with Crippen LogP contribution in [0.25, 0.3) is 22.2 Å². The molecule has 3 aliphatic rings. The van der Waals surface area contributed by atoms with Gasteiger partial charge in [-0.15, -0.1) is 0 Å². The molecular weight excluding hydrogens is 397 g/mol. The zero-order valence-electron chi connectivity index (χ0n) is 16.9. The maximum atomic E-state index is 13.6. The van der Waals surface area contributed by atoms with Gasteiger partial charge in [0.05, 0.1) is 11.2 Å². The van der Waals surface area contributed by atoms with Crippen LogP contribution in [0, 0.1) is 5.82 Å². The monoisotopic (exact) mass is 419 g/mol. The second kappa shape index (κ2) is 7.20. The van der Waals surface area contributed by atoms with Crippen LogP contribution in [0.3, 0.4) is 0 Å². The van der Waals surface area contributed by atoms with Crippen molar-refractivity contribution in [1.29, 1.82) is 0 Å². The normalized spacial score (nSPS) is 22.5. The van der Waals surface area contributed by atoms with Gasteiger partial charge in [-0.2, -0.15) is 0 Å². The van der Waals surface area contributed by atoms with Crippen LogP contribution >= 0.6 is 0 Å². The molecule has 2 atom stereocenters. The molecule has 2 saturated heterocycles. The van der Waals surface area contributed by atoms with E-state index in [1.807, 2.05) is 12.1 Å². The van der Waals surface area contributed by atoms with Crippen LogP contribution in [0.2, 0.25) is 0 Å². The molecule has 1 N–H and O–H groups in total. The zero-order chi connectivity index (χ0) is 20.9. The number of rotatable bonds is 3. The molecule has 6 rings (SSSR count). The molecule has 6 nitrogen and oxygen atoms in total. The minimum atomic E-state index is -0.274. The SMILES string of the molecule is O=C1C[C@H]2CC[C@@H](CN1)N2Cc1cc2cc3c(cc2nc1-c1ccc(F)cc1)OCO3. The molecule has 0 radical (unpaired) electrons. The predicted molar refractivity (Wildman–Crippen MR) is 113 cm³/mol. The van der Waals surface area contributed by atoms with Crippen LogP contribution in [-0.2, 0) is 11.3 Å². The first-order valence-corrected chi connectivity index (χ1v) is 10.7. The lowest BCUT2D eigenvalue weighted by Gasteiger charge is -2.28. The van der Waals surface area contributed by atoms with Crippen molar-refractivity contribution >= 4 is 16.8 Å². The van der Waals surface area contributed by atoms with Gasteiger partial charge >= 0.3 is 0 Å². The highest BCUT2D eigenvalue weighted by Crippen LogP contribution is 2.38. The van der Waals surface area contributed by atoms with E-state index in [4.69, 9.17) is 14.5 Å². The second-order valence-electron chi connectivity index (χ2n) is 8.47. The Bertz CT molecular complexity index is 1180. The summed E-state index contributed by atoms with van der Waals surface area (Å²) in [6.45, 7) is 1.58. The van der Waals surface area contributed by atoms with Crippen molar-refractivity contribution in [3.63, 3.8) is 0 Å². The number of aromatic nitrogens is 1. The molecule has 3 aromatic rings. The van der Waals surface area contributed by atoms with Crippen LogP contribution < -0.4 is 14.8 Å². The quantitative estimate of drug-likeness (QED) is 0.703. The van der Waals surface area contributed by atoms with E-state index in [-0.39, 0.29) is 24.6 Å². The summed E-state index contributed by atoms with van der Waals surface area (Å²) in [4.78, 5) is 19.5. The third kappa shape index (κ3) is 3.29. The Morgan fingerprint density at radius 2 is 1.84 bits per heavy atom. The van der Waals surface area contributed by atoms with E-state index in [9.17, 15) is 9.18 Å².